The van der Waals surface area contributed by atoms with E-state index in [1.165, 1.54) is 100 Å². The van der Waals surface area contributed by atoms with Gasteiger partial charge in [-0.05, 0) is 149 Å². The van der Waals surface area contributed by atoms with E-state index in [2.05, 4.69) is 255 Å². The summed E-state index contributed by atoms with van der Waals surface area (Å²) in [7, 11) is 0. The van der Waals surface area contributed by atoms with Crippen LogP contribution in [0.5, 0.6) is 0 Å². The third-order valence-corrected chi connectivity index (χ3v) is 11.5. The summed E-state index contributed by atoms with van der Waals surface area (Å²) in [5.41, 5.74) is 21.6. The van der Waals surface area contributed by atoms with Gasteiger partial charge >= 0.3 is 0 Å². The van der Waals surface area contributed by atoms with Crippen molar-refractivity contribution in [1.29, 1.82) is 0 Å². The van der Waals surface area contributed by atoms with E-state index in [0.717, 1.165) is 0 Å². The van der Waals surface area contributed by atoms with Crippen LogP contribution in [0.4, 0.5) is 0 Å². The molecule has 0 unspecified atom stereocenters. The highest BCUT2D eigenvalue weighted by Crippen LogP contribution is 2.38. The van der Waals surface area contributed by atoms with Crippen LogP contribution in [0.25, 0.3) is 100 Å². The molecule has 0 nitrogen and oxygen atoms in total. The Kier molecular flexibility index (Phi) is 10.1. The van der Waals surface area contributed by atoms with Crippen LogP contribution in [0.2, 0.25) is 0 Å². The van der Waals surface area contributed by atoms with E-state index in [1.807, 2.05) is 0 Å². The summed E-state index contributed by atoms with van der Waals surface area (Å²) in [5.74, 6) is 0. The minimum absolute atomic E-state index is 1.18. The number of benzene rings is 10. The molecule has 0 aliphatic rings. The van der Waals surface area contributed by atoms with Crippen LogP contribution in [0.3, 0.4) is 0 Å². The molecule has 0 N–H and O–H groups in total. The van der Waals surface area contributed by atoms with Gasteiger partial charge in [0.1, 0.15) is 0 Å². The van der Waals surface area contributed by atoms with Crippen molar-refractivity contribution < 1.29 is 0 Å². The van der Waals surface area contributed by atoms with Crippen LogP contribution in [-0.2, 0) is 0 Å². The number of hydrogen-bond acceptors (Lipinski definition) is 0. The van der Waals surface area contributed by atoms with Crippen molar-refractivity contribution in [2.24, 2.45) is 0 Å². The fraction of sp³-hybridized carbons (Fsp3) is 0. The topological polar surface area (TPSA) is 0 Å². The van der Waals surface area contributed by atoms with E-state index in [4.69, 9.17) is 0 Å². The zero-order chi connectivity index (χ0) is 40.1. The smallest absolute Gasteiger partial charge is 0.0171 e. The van der Waals surface area contributed by atoms with Gasteiger partial charge in [-0.15, -0.1) is 0 Å². The lowest BCUT2D eigenvalue weighted by Gasteiger charge is -2.14. The molecule has 10 rings (SSSR count). The summed E-state index contributed by atoms with van der Waals surface area (Å²) in [6.45, 7) is 0. The molecule has 0 aromatic heterocycles. The molecule has 10 aromatic carbocycles. The Hall–Kier alpha value is -7.80. The predicted molar refractivity (Wildman–Crippen MR) is 255 cm³/mol. The maximum Gasteiger partial charge on any atom is -0.0171 e. The molecule has 0 aliphatic carbocycles. The third-order valence-electron chi connectivity index (χ3n) is 11.5. The lowest BCUT2D eigenvalue weighted by molar-refractivity contribution is 1.54. The highest BCUT2D eigenvalue weighted by molar-refractivity contribution is 5.86. The summed E-state index contributed by atoms with van der Waals surface area (Å²) in [6.07, 6.45) is 0. The van der Waals surface area contributed by atoms with Gasteiger partial charge in [0, 0.05) is 0 Å². The van der Waals surface area contributed by atoms with Gasteiger partial charge in [-0.2, -0.15) is 0 Å². The van der Waals surface area contributed by atoms with E-state index in [9.17, 15) is 0 Å². The first-order valence-corrected chi connectivity index (χ1v) is 20.6. The molecule has 0 saturated heterocycles. The molecule has 60 heavy (non-hydrogen) atoms. The Bertz CT molecular complexity index is 2910. The summed E-state index contributed by atoms with van der Waals surface area (Å²) in [4.78, 5) is 0. The average Bonchev–Trinajstić information content (AvgIpc) is 3.35. The molecule has 0 amide bonds. The Balaban J connectivity index is 1.05. The summed E-state index contributed by atoms with van der Waals surface area (Å²) < 4.78 is 0. The maximum atomic E-state index is 2.35. The second-order valence-corrected chi connectivity index (χ2v) is 15.4. The Morgan fingerprint density at radius 1 is 0.100 bits per heavy atom. The highest BCUT2D eigenvalue weighted by atomic mass is 14.2. The van der Waals surface area contributed by atoms with Gasteiger partial charge in [0.2, 0.25) is 0 Å². The van der Waals surface area contributed by atoms with E-state index >= 15 is 0 Å². The second kappa shape index (κ2) is 16.6. The van der Waals surface area contributed by atoms with Crippen molar-refractivity contribution in [2.45, 2.75) is 0 Å². The summed E-state index contributed by atoms with van der Waals surface area (Å²) >= 11 is 0. The van der Waals surface area contributed by atoms with Gasteiger partial charge in [0.05, 0.1) is 0 Å². The first kappa shape index (κ1) is 36.5. The van der Waals surface area contributed by atoms with Gasteiger partial charge in [-0.3, -0.25) is 0 Å². The fourth-order valence-corrected chi connectivity index (χ4v) is 8.27. The van der Waals surface area contributed by atoms with E-state index in [1.54, 1.807) is 0 Å². The lowest BCUT2D eigenvalue weighted by atomic mass is 9.90. The summed E-state index contributed by atoms with van der Waals surface area (Å²) in [5, 5.41) is 0. The van der Waals surface area contributed by atoms with Crippen LogP contribution >= 0.6 is 0 Å². The van der Waals surface area contributed by atoms with Gasteiger partial charge < -0.3 is 0 Å². The van der Waals surface area contributed by atoms with Crippen molar-refractivity contribution in [1.82, 2.24) is 0 Å². The average molecular weight is 763 g/mol. The molecule has 0 radical (unpaired) electrons. The van der Waals surface area contributed by atoms with E-state index in [-0.39, 0.29) is 0 Å². The highest BCUT2D eigenvalue weighted by Gasteiger charge is 2.12. The molecule has 0 spiro atoms. The second-order valence-electron chi connectivity index (χ2n) is 15.4. The van der Waals surface area contributed by atoms with Crippen molar-refractivity contribution in [2.75, 3.05) is 0 Å². The SMILES string of the molecule is c1ccc(-c2cccc(-c3ccc(-c4cc(-c5cccc(-c6cccc(-c7ccccc7)c6)c5)cc(-c5cccc(-c6cccc(-c7ccccc7)c6)c5)c4)cc3)c2)cc1. The Morgan fingerprint density at radius 3 is 0.517 bits per heavy atom. The minimum Gasteiger partial charge on any atom is -0.0622 e. The molecule has 10 aromatic rings. The molecular weight excluding hydrogens is 721 g/mol. The van der Waals surface area contributed by atoms with Crippen LogP contribution < -0.4 is 0 Å². The summed E-state index contributed by atoms with van der Waals surface area (Å²) in [6, 6.07) is 92.4. The van der Waals surface area contributed by atoms with Crippen LogP contribution in [0.1, 0.15) is 0 Å². The van der Waals surface area contributed by atoms with E-state index in [0.29, 0.717) is 0 Å². The standard InChI is InChI=1S/C60H42/c1-4-15-43(16-5-1)48-21-10-24-51(35-48)46-31-33-47(34-32-46)58-40-59(56-29-13-27-54(38-56)52-25-11-22-49(36-52)44-17-6-2-7-18-44)42-60(41-58)57-30-14-28-55(39-57)53-26-12-23-50(37-53)45-19-8-3-9-20-45/h1-42H. The first-order chi connectivity index (χ1) is 29.7. The Morgan fingerprint density at radius 2 is 0.250 bits per heavy atom. The lowest BCUT2D eigenvalue weighted by Crippen LogP contribution is -1.89. The minimum atomic E-state index is 1.18. The van der Waals surface area contributed by atoms with Crippen molar-refractivity contribution in [3.63, 3.8) is 0 Å². The van der Waals surface area contributed by atoms with Crippen LogP contribution in [0.15, 0.2) is 255 Å². The van der Waals surface area contributed by atoms with Gasteiger partial charge in [0.25, 0.3) is 0 Å². The molecular formula is C60H42. The normalized spacial score (nSPS) is 11.0. The molecule has 0 saturated carbocycles. The quantitative estimate of drug-likeness (QED) is 0.137. The zero-order valence-corrected chi connectivity index (χ0v) is 33.2. The van der Waals surface area contributed by atoms with Crippen LogP contribution in [-0.4, -0.2) is 0 Å². The fourth-order valence-electron chi connectivity index (χ4n) is 8.27. The monoisotopic (exact) mass is 762 g/mol. The van der Waals surface area contributed by atoms with Crippen LogP contribution in [0, 0.1) is 0 Å². The Labute approximate surface area is 353 Å². The predicted octanol–water partition coefficient (Wildman–Crippen LogP) is 16.7. The third kappa shape index (κ3) is 7.88. The van der Waals surface area contributed by atoms with Crippen molar-refractivity contribution in [3.8, 4) is 100 Å². The molecule has 0 heterocycles. The first-order valence-electron chi connectivity index (χ1n) is 20.6. The van der Waals surface area contributed by atoms with E-state index < -0.39 is 0 Å². The van der Waals surface area contributed by atoms with Gasteiger partial charge in [-0.1, -0.05) is 206 Å². The van der Waals surface area contributed by atoms with Gasteiger partial charge in [0.15, 0.2) is 0 Å². The molecule has 0 aliphatic heterocycles. The largest absolute Gasteiger partial charge is 0.0622 e. The van der Waals surface area contributed by atoms with Crippen molar-refractivity contribution >= 4 is 0 Å². The number of rotatable bonds is 9. The number of hydrogen-bond donors (Lipinski definition) is 0. The molecule has 0 heteroatoms. The van der Waals surface area contributed by atoms with Gasteiger partial charge in [-0.25, -0.2) is 0 Å². The molecule has 282 valence electrons. The molecule has 0 fully saturated rings. The van der Waals surface area contributed by atoms with Crippen molar-refractivity contribution in [3.05, 3.63) is 255 Å². The zero-order valence-electron chi connectivity index (χ0n) is 33.2. The maximum absolute atomic E-state index is 2.35. The molecule has 0 bridgehead atoms. The molecule has 0 atom stereocenters.